The SMILES string of the molecule is Cc1ccnc(NC(=O)C2CCN(Cn3c(-c4ccc(F)cc4)csc3=O)CC2)c1. The fraction of sp³-hybridized carbons (Fsp3) is 0.318. The van der Waals surface area contributed by atoms with Crippen LogP contribution in [0.3, 0.4) is 0 Å². The Kier molecular flexibility index (Phi) is 6.06. The Hall–Kier alpha value is -2.84. The van der Waals surface area contributed by atoms with Crippen molar-refractivity contribution in [2.45, 2.75) is 26.4 Å². The van der Waals surface area contributed by atoms with E-state index in [1.54, 1.807) is 22.9 Å². The van der Waals surface area contributed by atoms with E-state index in [0.717, 1.165) is 54.1 Å². The Morgan fingerprint density at radius 3 is 2.67 bits per heavy atom. The summed E-state index contributed by atoms with van der Waals surface area (Å²) in [6.45, 7) is 3.88. The van der Waals surface area contributed by atoms with Crippen molar-refractivity contribution < 1.29 is 9.18 Å². The van der Waals surface area contributed by atoms with Crippen molar-refractivity contribution >= 4 is 23.1 Å². The Morgan fingerprint density at radius 2 is 1.97 bits per heavy atom. The first kappa shape index (κ1) is 20.4. The van der Waals surface area contributed by atoms with Crippen LogP contribution in [0.15, 0.2) is 52.8 Å². The number of thiazole rings is 1. The zero-order valence-corrected chi connectivity index (χ0v) is 17.5. The molecule has 0 saturated carbocycles. The number of hydrogen-bond acceptors (Lipinski definition) is 5. The molecular formula is C22H23FN4O2S. The second kappa shape index (κ2) is 8.89. The van der Waals surface area contributed by atoms with Crippen LogP contribution in [0.1, 0.15) is 18.4 Å². The molecule has 6 nitrogen and oxygen atoms in total. The van der Waals surface area contributed by atoms with Crippen molar-refractivity contribution in [3.8, 4) is 11.3 Å². The minimum atomic E-state index is -0.302. The highest BCUT2D eigenvalue weighted by molar-refractivity contribution is 7.07. The number of likely N-dealkylation sites (tertiary alicyclic amines) is 1. The molecule has 1 amide bonds. The summed E-state index contributed by atoms with van der Waals surface area (Å²) in [6.07, 6.45) is 3.13. The van der Waals surface area contributed by atoms with E-state index in [9.17, 15) is 14.0 Å². The molecule has 3 heterocycles. The van der Waals surface area contributed by atoms with Crippen LogP contribution < -0.4 is 10.2 Å². The third-order valence-corrected chi connectivity index (χ3v) is 6.15. The number of benzene rings is 1. The minimum Gasteiger partial charge on any atom is -0.310 e. The molecule has 0 spiro atoms. The van der Waals surface area contributed by atoms with Crippen molar-refractivity contribution in [2.24, 2.45) is 5.92 Å². The van der Waals surface area contributed by atoms with Crippen LogP contribution in [0, 0.1) is 18.7 Å². The lowest BCUT2D eigenvalue weighted by Crippen LogP contribution is -2.40. The number of pyridine rings is 1. The number of carbonyl (C=O) groups is 1. The molecule has 4 rings (SSSR count). The molecule has 1 aromatic carbocycles. The molecule has 156 valence electrons. The summed E-state index contributed by atoms with van der Waals surface area (Å²) in [5, 5.41) is 4.71. The van der Waals surface area contributed by atoms with Gasteiger partial charge in [-0.25, -0.2) is 9.37 Å². The lowest BCUT2D eigenvalue weighted by atomic mass is 9.96. The molecule has 0 radical (unpaired) electrons. The summed E-state index contributed by atoms with van der Waals surface area (Å²) in [6, 6.07) is 9.91. The van der Waals surface area contributed by atoms with E-state index in [4.69, 9.17) is 0 Å². The third kappa shape index (κ3) is 4.66. The van der Waals surface area contributed by atoms with E-state index in [-0.39, 0.29) is 22.5 Å². The van der Waals surface area contributed by atoms with Crippen molar-refractivity contribution in [1.29, 1.82) is 0 Å². The van der Waals surface area contributed by atoms with Crippen molar-refractivity contribution in [3.05, 3.63) is 69.0 Å². The topological polar surface area (TPSA) is 67.2 Å². The van der Waals surface area contributed by atoms with Crippen molar-refractivity contribution in [2.75, 3.05) is 18.4 Å². The van der Waals surface area contributed by atoms with Crippen LogP contribution in [-0.2, 0) is 11.5 Å². The minimum absolute atomic E-state index is 0.00699. The van der Waals surface area contributed by atoms with E-state index in [1.807, 2.05) is 24.4 Å². The first-order valence-corrected chi connectivity index (χ1v) is 10.8. The molecular weight excluding hydrogens is 403 g/mol. The normalized spacial score (nSPS) is 15.3. The Labute approximate surface area is 178 Å². The maximum atomic E-state index is 13.2. The highest BCUT2D eigenvalue weighted by Gasteiger charge is 2.26. The molecule has 0 atom stereocenters. The van der Waals surface area contributed by atoms with Crippen LogP contribution in [-0.4, -0.2) is 33.4 Å². The first-order chi connectivity index (χ1) is 14.5. The van der Waals surface area contributed by atoms with E-state index in [1.165, 1.54) is 12.1 Å². The molecule has 3 aromatic rings. The van der Waals surface area contributed by atoms with Gasteiger partial charge in [0.25, 0.3) is 0 Å². The molecule has 0 unspecified atom stereocenters. The number of nitrogens with zero attached hydrogens (tertiary/aromatic N) is 3. The predicted molar refractivity (Wildman–Crippen MR) is 116 cm³/mol. The van der Waals surface area contributed by atoms with E-state index >= 15 is 0 Å². The first-order valence-electron chi connectivity index (χ1n) is 9.90. The summed E-state index contributed by atoms with van der Waals surface area (Å²) < 4.78 is 14.9. The zero-order valence-electron chi connectivity index (χ0n) is 16.7. The molecule has 1 aliphatic rings. The fourth-order valence-corrected chi connectivity index (χ4v) is 4.44. The molecule has 1 N–H and O–H groups in total. The monoisotopic (exact) mass is 426 g/mol. The third-order valence-electron chi connectivity index (χ3n) is 5.39. The second-order valence-electron chi connectivity index (χ2n) is 7.56. The van der Waals surface area contributed by atoms with Crippen molar-refractivity contribution in [3.63, 3.8) is 0 Å². The van der Waals surface area contributed by atoms with Gasteiger partial charge in [0.05, 0.1) is 12.4 Å². The summed E-state index contributed by atoms with van der Waals surface area (Å²) in [4.78, 5) is 31.3. The van der Waals surface area contributed by atoms with Gasteiger partial charge in [-0.1, -0.05) is 11.3 Å². The van der Waals surface area contributed by atoms with E-state index < -0.39 is 0 Å². The van der Waals surface area contributed by atoms with Gasteiger partial charge >= 0.3 is 4.87 Å². The van der Waals surface area contributed by atoms with Crippen LogP contribution in [0.25, 0.3) is 11.3 Å². The maximum absolute atomic E-state index is 13.2. The number of piperidine rings is 1. The lowest BCUT2D eigenvalue weighted by Gasteiger charge is -2.31. The predicted octanol–water partition coefficient (Wildman–Crippen LogP) is 3.73. The van der Waals surface area contributed by atoms with Crippen molar-refractivity contribution in [1.82, 2.24) is 14.5 Å². The van der Waals surface area contributed by atoms with Gasteiger partial charge in [0.2, 0.25) is 5.91 Å². The molecule has 8 heteroatoms. The van der Waals surface area contributed by atoms with Crippen LogP contribution in [0.5, 0.6) is 0 Å². The number of halogens is 1. The van der Waals surface area contributed by atoms with Gasteiger partial charge in [-0.3, -0.25) is 19.1 Å². The van der Waals surface area contributed by atoms with Crippen LogP contribution in [0.2, 0.25) is 0 Å². The Morgan fingerprint density at radius 1 is 1.23 bits per heavy atom. The van der Waals surface area contributed by atoms with Crippen LogP contribution >= 0.6 is 11.3 Å². The molecule has 1 fully saturated rings. The highest BCUT2D eigenvalue weighted by atomic mass is 32.1. The molecule has 1 saturated heterocycles. The number of aromatic nitrogens is 2. The molecule has 0 aliphatic carbocycles. The zero-order chi connectivity index (χ0) is 21.1. The van der Waals surface area contributed by atoms with Crippen LogP contribution in [0.4, 0.5) is 10.2 Å². The summed E-state index contributed by atoms with van der Waals surface area (Å²) >= 11 is 1.14. The molecule has 30 heavy (non-hydrogen) atoms. The Bertz CT molecular complexity index is 1090. The maximum Gasteiger partial charge on any atom is 0.308 e. The largest absolute Gasteiger partial charge is 0.310 e. The average molecular weight is 427 g/mol. The average Bonchev–Trinajstić information content (AvgIpc) is 3.09. The number of anilines is 1. The van der Waals surface area contributed by atoms with Gasteiger partial charge in [0.1, 0.15) is 11.6 Å². The van der Waals surface area contributed by atoms with Gasteiger partial charge in [-0.2, -0.15) is 0 Å². The number of aryl methyl sites for hydroxylation is 1. The quantitative estimate of drug-likeness (QED) is 0.675. The second-order valence-corrected chi connectivity index (χ2v) is 8.38. The van der Waals surface area contributed by atoms with Gasteiger partial charge < -0.3 is 5.32 Å². The van der Waals surface area contributed by atoms with Gasteiger partial charge in [-0.05, 0) is 67.3 Å². The van der Waals surface area contributed by atoms with E-state index in [2.05, 4.69) is 15.2 Å². The number of rotatable bonds is 5. The fourth-order valence-electron chi connectivity index (χ4n) is 3.68. The van der Waals surface area contributed by atoms with Gasteiger partial charge in [-0.15, -0.1) is 0 Å². The summed E-state index contributed by atoms with van der Waals surface area (Å²) in [5.41, 5.74) is 2.65. The Balaban J connectivity index is 1.37. The number of carbonyl (C=O) groups excluding carboxylic acids is 1. The molecule has 0 bridgehead atoms. The summed E-state index contributed by atoms with van der Waals surface area (Å²) in [5.74, 6) is 0.201. The highest BCUT2D eigenvalue weighted by Crippen LogP contribution is 2.23. The molecule has 2 aromatic heterocycles. The smallest absolute Gasteiger partial charge is 0.308 e. The van der Waals surface area contributed by atoms with E-state index in [0.29, 0.717) is 12.5 Å². The van der Waals surface area contributed by atoms with Gasteiger partial charge in [0.15, 0.2) is 0 Å². The molecule has 1 aliphatic heterocycles. The number of nitrogens with one attached hydrogen (secondary N) is 1. The summed E-state index contributed by atoms with van der Waals surface area (Å²) in [7, 11) is 0. The standard InChI is InChI=1S/C22H23FN4O2S/c1-15-6-9-24-20(12-15)25-21(28)17-7-10-26(11-8-17)14-27-19(13-30-22(27)29)16-2-4-18(23)5-3-16/h2-6,9,12-13,17H,7-8,10-11,14H2,1H3,(H,24,25,28). The van der Waals surface area contributed by atoms with Gasteiger partial charge in [0, 0.05) is 30.6 Å². The number of amides is 1. The lowest BCUT2D eigenvalue weighted by molar-refractivity contribution is -0.121. The number of hydrogen-bond donors (Lipinski definition) is 1.